The number of likely N-dealkylation sites (tertiary alicyclic amines) is 1. The molecule has 1 saturated heterocycles. The topological polar surface area (TPSA) is 48.1 Å². The van der Waals surface area contributed by atoms with E-state index in [1.807, 2.05) is 0 Å². The summed E-state index contributed by atoms with van der Waals surface area (Å²) in [5.74, 6) is 0.0461. The second kappa shape index (κ2) is 8.21. The highest BCUT2D eigenvalue weighted by atomic mass is 35.5. The summed E-state index contributed by atoms with van der Waals surface area (Å²) in [6, 6.07) is 13.2. The van der Waals surface area contributed by atoms with Crippen LogP contribution < -0.4 is 5.32 Å². The highest BCUT2D eigenvalue weighted by molar-refractivity contribution is 6.05. The maximum Gasteiger partial charge on any atom is 0.252 e. The van der Waals surface area contributed by atoms with Crippen molar-refractivity contribution in [3.63, 3.8) is 0 Å². The number of nitrogens with one attached hydrogen (secondary N) is 2. The van der Waals surface area contributed by atoms with Crippen LogP contribution in [-0.2, 0) is 19.5 Å². The summed E-state index contributed by atoms with van der Waals surface area (Å²) < 4.78 is 0. The number of rotatable bonds is 4. The van der Waals surface area contributed by atoms with Gasteiger partial charge in [-0.3, -0.25) is 9.69 Å². The van der Waals surface area contributed by atoms with E-state index in [0.29, 0.717) is 6.54 Å². The summed E-state index contributed by atoms with van der Waals surface area (Å²) in [5.41, 5.74) is 7.80. The number of carbonyl (C=O) groups is 1. The first kappa shape index (κ1) is 20.0. The van der Waals surface area contributed by atoms with E-state index in [0.717, 1.165) is 40.9 Å². The van der Waals surface area contributed by atoms with Crippen molar-refractivity contribution < 1.29 is 4.79 Å². The minimum Gasteiger partial charge on any atom is -0.355 e. The Morgan fingerprint density at radius 3 is 2.66 bits per heavy atom. The highest BCUT2D eigenvalue weighted by Crippen LogP contribution is 2.33. The van der Waals surface area contributed by atoms with Crippen molar-refractivity contribution in [3.05, 3.63) is 58.7 Å². The molecule has 0 aliphatic carbocycles. The molecule has 0 radical (unpaired) electrons. The predicted octanol–water partition coefficient (Wildman–Crippen LogP) is 5.05. The molecule has 5 heteroatoms. The van der Waals surface area contributed by atoms with Crippen LogP contribution in [0.4, 0.5) is 0 Å². The second-order valence-electron chi connectivity index (χ2n) is 8.10. The standard InChI is InChI=1S/C24H27N3O.ClH/c1-2-17-7-8-19(23-20(17)14-25-24(23)28)22-13-18-12-16(6-9-21(18)26-22)15-27-10-4-3-5-11-27;/h6-9,12-13,26H,2-5,10-11,14-15H2,1H3,(H,25,28);1H. The molecule has 0 saturated carbocycles. The van der Waals surface area contributed by atoms with Gasteiger partial charge in [-0.1, -0.05) is 31.5 Å². The molecule has 3 heterocycles. The Morgan fingerprint density at radius 2 is 1.86 bits per heavy atom. The fraction of sp³-hybridized carbons (Fsp3) is 0.375. The third kappa shape index (κ3) is 3.67. The number of nitrogens with zero attached hydrogens (tertiary/aromatic N) is 1. The quantitative estimate of drug-likeness (QED) is 0.633. The van der Waals surface area contributed by atoms with Crippen LogP contribution in [0.3, 0.4) is 0 Å². The summed E-state index contributed by atoms with van der Waals surface area (Å²) in [6.45, 7) is 6.23. The van der Waals surface area contributed by atoms with Crippen LogP contribution in [0.15, 0.2) is 36.4 Å². The molecule has 152 valence electrons. The number of amides is 1. The van der Waals surface area contributed by atoms with Crippen molar-refractivity contribution in [1.29, 1.82) is 0 Å². The number of piperidine rings is 1. The Labute approximate surface area is 178 Å². The number of aromatic amines is 1. The number of fused-ring (bicyclic) bond motifs is 2. The number of hydrogen-bond donors (Lipinski definition) is 2. The first-order valence-electron chi connectivity index (χ1n) is 10.5. The number of aryl methyl sites for hydroxylation is 1. The molecule has 2 aliphatic heterocycles. The van der Waals surface area contributed by atoms with E-state index in [2.05, 4.69) is 58.5 Å². The summed E-state index contributed by atoms with van der Waals surface area (Å²) in [6.07, 6.45) is 4.95. The lowest BCUT2D eigenvalue weighted by molar-refractivity contribution is 0.0966. The zero-order valence-electron chi connectivity index (χ0n) is 16.9. The fourth-order valence-corrected chi connectivity index (χ4v) is 4.77. The van der Waals surface area contributed by atoms with Crippen molar-refractivity contribution in [1.82, 2.24) is 15.2 Å². The summed E-state index contributed by atoms with van der Waals surface area (Å²) in [7, 11) is 0. The summed E-state index contributed by atoms with van der Waals surface area (Å²) in [5, 5.41) is 4.22. The van der Waals surface area contributed by atoms with E-state index in [1.165, 1.54) is 48.9 Å². The van der Waals surface area contributed by atoms with E-state index in [1.54, 1.807) is 0 Å². The van der Waals surface area contributed by atoms with Crippen LogP contribution in [0.1, 0.15) is 53.2 Å². The molecule has 0 spiro atoms. The molecule has 5 rings (SSSR count). The van der Waals surface area contributed by atoms with Crippen molar-refractivity contribution >= 4 is 29.2 Å². The highest BCUT2D eigenvalue weighted by Gasteiger charge is 2.26. The van der Waals surface area contributed by atoms with Crippen molar-refractivity contribution in [3.8, 4) is 11.3 Å². The molecule has 1 fully saturated rings. The molecular formula is C24H28ClN3O. The van der Waals surface area contributed by atoms with E-state index in [9.17, 15) is 4.79 Å². The van der Waals surface area contributed by atoms with Gasteiger partial charge in [-0.05, 0) is 67.2 Å². The average Bonchev–Trinajstić information content (AvgIpc) is 3.32. The van der Waals surface area contributed by atoms with Gasteiger partial charge in [-0.2, -0.15) is 0 Å². The lowest BCUT2D eigenvalue weighted by atomic mass is 9.95. The molecule has 1 amide bonds. The van der Waals surface area contributed by atoms with Crippen LogP contribution >= 0.6 is 12.4 Å². The number of carbonyl (C=O) groups excluding carboxylic acids is 1. The first-order chi connectivity index (χ1) is 13.7. The summed E-state index contributed by atoms with van der Waals surface area (Å²) >= 11 is 0. The van der Waals surface area contributed by atoms with Crippen molar-refractivity contribution in [2.45, 2.75) is 45.7 Å². The number of hydrogen-bond acceptors (Lipinski definition) is 2. The van der Waals surface area contributed by atoms with Crippen molar-refractivity contribution in [2.24, 2.45) is 0 Å². The lowest BCUT2D eigenvalue weighted by Crippen LogP contribution is -2.28. The maximum atomic E-state index is 12.5. The largest absolute Gasteiger partial charge is 0.355 e. The van der Waals surface area contributed by atoms with Crippen molar-refractivity contribution in [2.75, 3.05) is 13.1 Å². The zero-order chi connectivity index (χ0) is 19.1. The van der Waals surface area contributed by atoms with Gasteiger partial charge in [0.05, 0.1) is 5.56 Å². The fourth-order valence-electron chi connectivity index (χ4n) is 4.77. The number of H-pyrrole nitrogens is 1. The van der Waals surface area contributed by atoms with Crippen LogP contribution in [0.5, 0.6) is 0 Å². The lowest BCUT2D eigenvalue weighted by Gasteiger charge is -2.26. The normalized spacial score (nSPS) is 16.5. The van der Waals surface area contributed by atoms with E-state index < -0.39 is 0 Å². The van der Waals surface area contributed by atoms with Gasteiger partial charge in [0.25, 0.3) is 5.91 Å². The van der Waals surface area contributed by atoms with Crippen LogP contribution in [-0.4, -0.2) is 28.9 Å². The average molecular weight is 410 g/mol. The molecule has 2 N–H and O–H groups in total. The maximum absolute atomic E-state index is 12.5. The van der Waals surface area contributed by atoms with Gasteiger partial charge in [-0.15, -0.1) is 12.4 Å². The van der Waals surface area contributed by atoms with E-state index in [-0.39, 0.29) is 18.3 Å². The number of benzene rings is 2. The van der Waals surface area contributed by atoms with Crippen LogP contribution in [0.2, 0.25) is 0 Å². The molecule has 4 nitrogen and oxygen atoms in total. The van der Waals surface area contributed by atoms with Gasteiger partial charge in [0, 0.05) is 35.2 Å². The molecule has 2 aromatic carbocycles. The van der Waals surface area contributed by atoms with E-state index in [4.69, 9.17) is 0 Å². The van der Waals surface area contributed by atoms with Gasteiger partial charge >= 0.3 is 0 Å². The first-order valence-corrected chi connectivity index (χ1v) is 10.5. The van der Waals surface area contributed by atoms with Crippen LogP contribution in [0, 0.1) is 0 Å². The molecule has 2 aliphatic rings. The molecule has 0 bridgehead atoms. The molecule has 0 atom stereocenters. The number of halogens is 1. The monoisotopic (exact) mass is 409 g/mol. The Hall–Kier alpha value is -2.30. The molecule has 3 aromatic rings. The summed E-state index contributed by atoms with van der Waals surface area (Å²) in [4.78, 5) is 18.6. The predicted molar refractivity (Wildman–Crippen MR) is 121 cm³/mol. The minimum atomic E-state index is 0. The van der Waals surface area contributed by atoms with Gasteiger partial charge in [0.15, 0.2) is 0 Å². The molecule has 0 unspecified atom stereocenters. The third-order valence-electron chi connectivity index (χ3n) is 6.27. The molecule has 29 heavy (non-hydrogen) atoms. The molecular weight excluding hydrogens is 382 g/mol. The van der Waals surface area contributed by atoms with Gasteiger partial charge < -0.3 is 10.3 Å². The SMILES string of the molecule is CCc1ccc(-c2cc3cc(CN4CCCCC4)ccc3[nH]2)c2c1CNC2=O.Cl. The van der Waals surface area contributed by atoms with Gasteiger partial charge in [0.1, 0.15) is 0 Å². The van der Waals surface area contributed by atoms with Gasteiger partial charge in [-0.25, -0.2) is 0 Å². The number of aromatic nitrogens is 1. The third-order valence-corrected chi connectivity index (χ3v) is 6.27. The van der Waals surface area contributed by atoms with E-state index >= 15 is 0 Å². The zero-order valence-corrected chi connectivity index (χ0v) is 17.7. The van der Waals surface area contributed by atoms with Crippen LogP contribution in [0.25, 0.3) is 22.2 Å². The minimum absolute atomic E-state index is 0. The Morgan fingerprint density at radius 1 is 1.03 bits per heavy atom. The molecule has 1 aromatic heterocycles. The Kier molecular flexibility index (Phi) is 5.66. The van der Waals surface area contributed by atoms with Gasteiger partial charge in [0.2, 0.25) is 0 Å². The Bertz CT molecular complexity index is 1050. The Balaban J connectivity index is 0.00000205. The second-order valence-corrected chi connectivity index (χ2v) is 8.10. The smallest absolute Gasteiger partial charge is 0.252 e.